The standard InChI is InChI=1S/C23H23N3O4S.H2/c1-17(21-11-5-7-18-6-2-3-10-22(18)21)24-25-23(27)19-8-4-9-20(16-19)31(28,29)26-12-14-30-15-13-26;/h2-11,16H,12-15H2,1H3,(H,25,27);1H/b24-17+;. The average Bonchev–Trinajstić information content (AvgIpc) is 2.82. The van der Waals surface area contributed by atoms with Crippen LogP contribution in [0.15, 0.2) is 76.7 Å². The van der Waals surface area contributed by atoms with Gasteiger partial charge in [-0.2, -0.15) is 9.41 Å². The van der Waals surface area contributed by atoms with Gasteiger partial charge in [0, 0.05) is 25.6 Å². The number of rotatable bonds is 5. The molecule has 1 N–H and O–H groups in total. The maximum Gasteiger partial charge on any atom is 0.271 e. The predicted molar refractivity (Wildman–Crippen MR) is 122 cm³/mol. The Morgan fingerprint density at radius 1 is 1.03 bits per heavy atom. The van der Waals surface area contributed by atoms with Crippen LogP contribution >= 0.6 is 0 Å². The molecule has 7 nitrogen and oxygen atoms in total. The molecule has 0 atom stereocenters. The maximum absolute atomic E-state index is 12.8. The van der Waals surface area contributed by atoms with Crippen LogP contribution in [-0.2, 0) is 14.8 Å². The minimum atomic E-state index is -3.68. The number of hydrazone groups is 1. The minimum Gasteiger partial charge on any atom is -0.379 e. The van der Waals surface area contributed by atoms with Gasteiger partial charge in [-0.05, 0) is 35.9 Å². The highest BCUT2D eigenvalue weighted by Crippen LogP contribution is 2.20. The summed E-state index contributed by atoms with van der Waals surface area (Å²) in [6.45, 7) is 3.14. The lowest BCUT2D eigenvalue weighted by Crippen LogP contribution is -2.40. The molecule has 4 rings (SSSR count). The summed E-state index contributed by atoms with van der Waals surface area (Å²) in [6, 6.07) is 19.9. The third-order valence-corrected chi connectivity index (χ3v) is 7.10. The van der Waals surface area contributed by atoms with E-state index in [9.17, 15) is 13.2 Å². The molecule has 3 aromatic carbocycles. The SMILES string of the molecule is C/C(=N\NC(=O)c1cccc(S(=O)(=O)N2CCOCC2)c1)c1cccc2ccccc12.[HH]. The number of hydrogen-bond acceptors (Lipinski definition) is 5. The highest BCUT2D eigenvalue weighted by atomic mass is 32.2. The first-order chi connectivity index (χ1) is 15.0. The first kappa shape index (κ1) is 21.2. The molecule has 0 radical (unpaired) electrons. The Bertz CT molecular complexity index is 1250. The van der Waals surface area contributed by atoms with Crippen molar-refractivity contribution in [2.75, 3.05) is 26.3 Å². The van der Waals surface area contributed by atoms with Crippen molar-refractivity contribution >= 4 is 32.4 Å². The quantitative estimate of drug-likeness (QED) is 0.488. The second-order valence-electron chi connectivity index (χ2n) is 7.21. The lowest BCUT2D eigenvalue weighted by molar-refractivity contribution is 0.0730. The number of benzene rings is 3. The number of nitrogens with zero attached hydrogens (tertiary/aromatic N) is 2. The Balaban J connectivity index is 0.00000289. The Labute approximate surface area is 182 Å². The van der Waals surface area contributed by atoms with E-state index in [1.54, 1.807) is 12.1 Å². The molecular weight excluding hydrogens is 414 g/mol. The Morgan fingerprint density at radius 3 is 2.55 bits per heavy atom. The number of fused-ring (bicyclic) bond motifs is 1. The van der Waals surface area contributed by atoms with Gasteiger partial charge in [0.15, 0.2) is 0 Å². The molecule has 1 amide bonds. The Hall–Kier alpha value is -3.07. The fourth-order valence-corrected chi connectivity index (χ4v) is 4.99. The number of sulfonamides is 1. The third kappa shape index (κ3) is 4.51. The maximum atomic E-state index is 12.8. The molecule has 0 aliphatic carbocycles. The molecular formula is C23H25N3O4S. The zero-order chi connectivity index (χ0) is 21.8. The summed E-state index contributed by atoms with van der Waals surface area (Å²) in [7, 11) is -3.68. The van der Waals surface area contributed by atoms with Crippen LogP contribution in [0.2, 0.25) is 0 Å². The van der Waals surface area contributed by atoms with E-state index in [-0.39, 0.29) is 11.9 Å². The lowest BCUT2D eigenvalue weighted by Gasteiger charge is -2.26. The van der Waals surface area contributed by atoms with Crippen LogP contribution in [0, 0.1) is 0 Å². The highest BCUT2D eigenvalue weighted by Gasteiger charge is 2.26. The first-order valence-electron chi connectivity index (χ1n) is 9.97. The number of carbonyl (C=O) groups excluding carboxylic acids is 1. The van der Waals surface area contributed by atoms with Gasteiger partial charge in [0.1, 0.15) is 0 Å². The van der Waals surface area contributed by atoms with E-state index in [0.717, 1.165) is 16.3 Å². The second kappa shape index (κ2) is 8.97. The van der Waals surface area contributed by atoms with Crippen molar-refractivity contribution in [3.8, 4) is 0 Å². The third-order valence-electron chi connectivity index (χ3n) is 5.21. The van der Waals surface area contributed by atoms with E-state index in [1.165, 1.54) is 16.4 Å². The van der Waals surface area contributed by atoms with Crippen molar-refractivity contribution in [2.24, 2.45) is 5.10 Å². The van der Waals surface area contributed by atoms with Gasteiger partial charge in [0.2, 0.25) is 10.0 Å². The number of amides is 1. The molecule has 31 heavy (non-hydrogen) atoms. The van der Waals surface area contributed by atoms with Crippen LogP contribution in [0.1, 0.15) is 24.3 Å². The van der Waals surface area contributed by atoms with Crippen LogP contribution in [0.5, 0.6) is 0 Å². The molecule has 1 aliphatic rings. The van der Waals surface area contributed by atoms with Gasteiger partial charge >= 0.3 is 0 Å². The predicted octanol–water partition coefficient (Wildman–Crippen LogP) is 3.26. The summed E-state index contributed by atoms with van der Waals surface area (Å²) < 4.78 is 32.3. The molecule has 8 heteroatoms. The van der Waals surface area contributed by atoms with E-state index < -0.39 is 15.9 Å². The van der Waals surface area contributed by atoms with E-state index in [0.29, 0.717) is 32.0 Å². The summed E-state index contributed by atoms with van der Waals surface area (Å²) in [4.78, 5) is 12.7. The van der Waals surface area contributed by atoms with Crippen LogP contribution in [0.3, 0.4) is 0 Å². The van der Waals surface area contributed by atoms with Gasteiger partial charge in [-0.15, -0.1) is 0 Å². The molecule has 0 unspecified atom stereocenters. The highest BCUT2D eigenvalue weighted by molar-refractivity contribution is 7.89. The zero-order valence-electron chi connectivity index (χ0n) is 17.1. The number of hydrogen-bond donors (Lipinski definition) is 1. The molecule has 0 aromatic heterocycles. The molecule has 162 valence electrons. The van der Waals surface area contributed by atoms with Crippen molar-refractivity contribution in [2.45, 2.75) is 11.8 Å². The van der Waals surface area contributed by atoms with E-state index in [1.807, 2.05) is 49.4 Å². The number of carbonyl (C=O) groups is 1. The normalized spacial score (nSPS) is 15.7. The lowest BCUT2D eigenvalue weighted by atomic mass is 10.0. The van der Waals surface area contributed by atoms with E-state index in [4.69, 9.17) is 4.74 Å². The van der Waals surface area contributed by atoms with Crippen LogP contribution in [0.25, 0.3) is 10.8 Å². The van der Waals surface area contributed by atoms with Crippen molar-refractivity contribution in [3.05, 3.63) is 77.9 Å². The largest absolute Gasteiger partial charge is 0.379 e. The zero-order valence-corrected chi connectivity index (χ0v) is 17.9. The van der Waals surface area contributed by atoms with Crippen molar-refractivity contribution in [1.29, 1.82) is 0 Å². The summed E-state index contributed by atoms with van der Waals surface area (Å²) in [5.41, 5.74) is 4.34. The molecule has 3 aromatic rings. The van der Waals surface area contributed by atoms with Crippen LogP contribution in [-0.4, -0.2) is 50.6 Å². The van der Waals surface area contributed by atoms with Crippen molar-refractivity contribution < 1.29 is 19.4 Å². The van der Waals surface area contributed by atoms with Crippen molar-refractivity contribution in [3.63, 3.8) is 0 Å². The molecule has 1 fully saturated rings. The van der Waals surface area contributed by atoms with Gasteiger partial charge < -0.3 is 4.74 Å². The van der Waals surface area contributed by atoms with Gasteiger partial charge in [0.25, 0.3) is 5.91 Å². The van der Waals surface area contributed by atoms with Gasteiger partial charge in [0.05, 0.1) is 23.8 Å². The summed E-state index contributed by atoms with van der Waals surface area (Å²) in [5, 5.41) is 6.37. The monoisotopic (exact) mass is 439 g/mol. The molecule has 1 saturated heterocycles. The molecule has 0 saturated carbocycles. The second-order valence-corrected chi connectivity index (χ2v) is 9.15. The number of nitrogens with one attached hydrogen (secondary N) is 1. The smallest absolute Gasteiger partial charge is 0.271 e. The van der Waals surface area contributed by atoms with Crippen LogP contribution in [0.4, 0.5) is 0 Å². The topological polar surface area (TPSA) is 88.1 Å². The van der Waals surface area contributed by atoms with Gasteiger partial charge in [-0.25, -0.2) is 13.8 Å². The Kier molecular flexibility index (Phi) is 6.13. The molecule has 1 aliphatic heterocycles. The number of morpholine rings is 1. The molecule has 1 heterocycles. The number of ether oxygens (including phenoxy) is 1. The van der Waals surface area contributed by atoms with Crippen LogP contribution < -0.4 is 5.43 Å². The fourth-order valence-electron chi connectivity index (χ4n) is 3.53. The van der Waals surface area contributed by atoms with Gasteiger partial charge in [-0.3, -0.25) is 4.79 Å². The Morgan fingerprint density at radius 2 is 1.74 bits per heavy atom. The first-order valence-corrected chi connectivity index (χ1v) is 11.4. The van der Waals surface area contributed by atoms with E-state index in [2.05, 4.69) is 10.5 Å². The molecule has 0 spiro atoms. The fraction of sp³-hybridized carbons (Fsp3) is 0.217. The summed E-state index contributed by atoms with van der Waals surface area (Å²) in [5.74, 6) is -0.474. The van der Waals surface area contributed by atoms with Crippen molar-refractivity contribution in [1.82, 2.24) is 9.73 Å². The van der Waals surface area contributed by atoms with E-state index >= 15 is 0 Å². The minimum absolute atomic E-state index is 0. The molecule has 0 bridgehead atoms. The summed E-state index contributed by atoms with van der Waals surface area (Å²) in [6.07, 6.45) is 0. The average molecular weight is 440 g/mol. The van der Waals surface area contributed by atoms with Gasteiger partial charge in [-0.1, -0.05) is 48.5 Å². The summed E-state index contributed by atoms with van der Waals surface area (Å²) >= 11 is 0.